The first-order valence-electron chi connectivity index (χ1n) is 11.7. The SMILES string of the molecule is O=C(Cc1coc2ccc3ccccc3c12)NC1CCN(CC2CCCCC2)CC1. The number of carbonyl (C=O) groups excluding carboxylic acids is 1. The largest absolute Gasteiger partial charge is 0.464 e. The molecule has 158 valence electrons. The molecule has 2 heterocycles. The molecule has 3 aromatic rings. The topological polar surface area (TPSA) is 45.5 Å². The molecule has 0 unspecified atom stereocenters. The van der Waals surface area contributed by atoms with Crippen molar-refractivity contribution in [2.75, 3.05) is 19.6 Å². The van der Waals surface area contributed by atoms with Gasteiger partial charge in [0, 0.05) is 36.6 Å². The molecule has 1 saturated heterocycles. The standard InChI is InChI=1S/C26H32N2O2/c29-25(27-22-12-14-28(15-13-22)17-19-6-2-1-3-7-19)16-21-18-30-24-11-10-20-8-4-5-9-23(20)26(21)24/h4-5,8-11,18-19,22H,1-3,6-7,12-17H2,(H,27,29). The summed E-state index contributed by atoms with van der Waals surface area (Å²) in [7, 11) is 0. The molecule has 0 spiro atoms. The fourth-order valence-corrected chi connectivity index (χ4v) is 5.45. The van der Waals surface area contributed by atoms with Gasteiger partial charge in [0.2, 0.25) is 5.91 Å². The van der Waals surface area contributed by atoms with Gasteiger partial charge in [0.05, 0.1) is 12.7 Å². The molecule has 2 aromatic carbocycles. The van der Waals surface area contributed by atoms with Crippen LogP contribution in [-0.2, 0) is 11.2 Å². The molecule has 4 heteroatoms. The highest BCUT2D eigenvalue weighted by atomic mass is 16.3. The predicted octanol–water partition coefficient (Wildman–Crippen LogP) is 5.29. The third kappa shape index (κ3) is 4.24. The van der Waals surface area contributed by atoms with Crippen LogP contribution in [0, 0.1) is 5.92 Å². The molecular weight excluding hydrogens is 372 g/mol. The van der Waals surface area contributed by atoms with E-state index in [0.717, 1.165) is 53.8 Å². The van der Waals surface area contributed by atoms with Gasteiger partial charge in [0.15, 0.2) is 0 Å². The molecule has 2 aliphatic rings. The Bertz CT molecular complexity index is 1010. The average molecular weight is 405 g/mol. The quantitative estimate of drug-likeness (QED) is 0.628. The minimum Gasteiger partial charge on any atom is -0.464 e. The number of hydrogen-bond donors (Lipinski definition) is 1. The van der Waals surface area contributed by atoms with Gasteiger partial charge in [-0.3, -0.25) is 4.79 Å². The van der Waals surface area contributed by atoms with E-state index in [1.165, 1.54) is 44.0 Å². The van der Waals surface area contributed by atoms with Crippen molar-refractivity contribution in [1.82, 2.24) is 10.2 Å². The van der Waals surface area contributed by atoms with E-state index in [1.807, 2.05) is 18.2 Å². The van der Waals surface area contributed by atoms with E-state index in [9.17, 15) is 4.79 Å². The Hall–Kier alpha value is -2.33. The van der Waals surface area contributed by atoms with E-state index in [-0.39, 0.29) is 5.91 Å². The Labute approximate surface area is 178 Å². The molecule has 30 heavy (non-hydrogen) atoms. The van der Waals surface area contributed by atoms with Gasteiger partial charge in [0.25, 0.3) is 0 Å². The van der Waals surface area contributed by atoms with E-state index in [0.29, 0.717) is 12.5 Å². The van der Waals surface area contributed by atoms with Gasteiger partial charge < -0.3 is 14.6 Å². The molecule has 1 aliphatic carbocycles. The minimum absolute atomic E-state index is 0.108. The molecule has 2 fully saturated rings. The minimum atomic E-state index is 0.108. The number of likely N-dealkylation sites (tertiary alicyclic amines) is 1. The molecule has 1 N–H and O–H groups in total. The van der Waals surface area contributed by atoms with Crippen LogP contribution in [0.25, 0.3) is 21.7 Å². The summed E-state index contributed by atoms with van der Waals surface area (Å²) < 4.78 is 5.75. The third-order valence-electron chi connectivity index (χ3n) is 7.08. The van der Waals surface area contributed by atoms with Crippen molar-refractivity contribution in [3.8, 4) is 0 Å². The maximum atomic E-state index is 12.8. The van der Waals surface area contributed by atoms with E-state index in [2.05, 4.69) is 28.4 Å². The van der Waals surface area contributed by atoms with E-state index in [1.54, 1.807) is 6.26 Å². The van der Waals surface area contributed by atoms with Crippen LogP contribution in [0.1, 0.15) is 50.5 Å². The Morgan fingerprint density at radius 3 is 2.63 bits per heavy atom. The third-order valence-corrected chi connectivity index (χ3v) is 7.08. The lowest BCUT2D eigenvalue weighted by Gasteiger charge is -2.35. The van der Waals surface area contributed by atoms with Crippen LogP contribution in [0.5, 0.6) is 0 Å². The summed E-state index contributed by atoms with van der Waals surface area (Å²) in [5, 5.41) is 6.70. The first-order valence-corrected chi connectivity index (χ1v) is 11.7. The van der Waals surface area contributed by atoms with Crippen LogP contribution in [0.4, 0.5) is 0 Å². The van der Waals surface area contributed by atoms with Crippen LogP contribution in [0.2, 0.25) is 0 Å². The first-order chi connectivity index (χ1) is 14.8. The molecule has 5 rings (SSSR count). The summed E-state index contributed by atoms with van der Waals surface area (Å²) in [4.78, 5) is 15.4. The summed E-state index contributed by atoms with van der Waals surface area (Å²) in [5.74, 6) is 1.01. The van der Waals surface area contributed by atoms with Gasteiger partial charge in [-0.2, -0.15) is 0 Å². The van der Waals surface area contributed by atoms with Crippen molar-refractivity contribution in [3.63, 3.8) is 0 Å². The molecule has 1 aliphatic heterocycles. The van der Waals surface area contributed by atoms with E-state index in [4.69, 9.17) is 4.42 Å². The number of benzene rings is 2. The lowest BCUT2D eigenvalue weighted by atomic mass is 9.88. The van der Waals surface area contributed by atoms with Crippen molar-refractivity contribution in [1.29, 1.82) is 0 Å². The number of hydrogen-bond acceptors (Lipinski definition) is 3. The van der Waals surface area contributed by atoms with Crippen LogP contribution in [0.15, 0.2) is 47.1 Å². The van der Waals surface area contributed by atoms with Gasteiger partial charge >= 0.3 is 0 Å². The average Bonchev–Trinajstić information content (AvgIpc) is 3.19. The number of rotatable bonds is 5. The Balaban J connectivity index is 1.18. The maximum Gasteiger partial charge on any atom is 0.224 e. The van der Waals surface area contributed by atoms with Crippen LogP contribution < -0.4 is 5.32 Å². The van der Waals surface area contributed by atoms with Gasteiger partial charge in [-0.25, -0.2) is 0 Å². The molecule has 4 nitrogen and oxygen atoms in total. The number of amides is 1. The normalized spacial score (nSPS) is 19.5. The molecule has 0 radical (unpaired) electrons. The summed E-state index contributed by atoms with van der Waals surface area (Å²) >= 11 is 0. The number of piperidine rings is 1. The van der Waals surface area contributed by atoms with Crippen LogP contribution in [0.3, 0.4) is 0 Å². The van der Waals surface area contributed by atoms with E-state index < -0.39 is 0 Å². The lowest BCUT2D eigenvalue weighted by molar-refractivity contribution is -0.121. The summed E-state index contributed by atoms with van der Waals surface area (Å²) in [6, 6.07) is 12.7. The second-order valence-electron chi connectivity index (χ2n) is 9.24. The first kappa shape index (κ1) is 19.6. The van der Waals surface area contributed by atoms with Gasteiger partial charge in [0.1, 0.15) is 5.58 Å². The second kappa shape index (κ2) is 8.81. The molecule has 0 bridgehead atoms. The molecule has 1 amide bonds. The van der Waals surface area contributed by atoms with Crippen molar-refractivity contribution >= 4 is 27.6 Å². The smallest absolute Gasteiger partial charge is 0.224 e. The Morgan fingerprint density at radius 2 is 1.80 bits per heavy atom. The number of fused-ring (bicyclic) bond motifs is 3. The van der Waals surface area contributed by atoms with Crippen molar-refractivity contribution in [2.24, 2.45) is 5.92 Å². The summed E-state index contributed by atoms with van der Waals surface area (Å²) in [5.41, 5.74) is 1.83. The molecular formula is C26H32N2O2. The fourth-order valence-electron chi connectivity index (χ4n) is 5.45. The van der Waals surface area contributed by atoms with Crippen molar-refractivity contribution in [3.05, 3.63) is 48.2 Å². The van der Waals surface area contributed by atoms with Gasteiger partial charge in [-0.15, -0.1) is 0 Å². The number of nitrogens with one attached hydrogen (secondary N) is 1. The Kier molecular flexibility index (Phi) is 5.76. The number of furan rings is 1. The van der Waals surface area contributed by atoms with Crippen molar-refractivity contribution < 1.29 is 9.21 Å². The monoisotopic (exact) mass is 404 g/mol. The summed E-state index contributed by atoms with van der Waals surface area (Å²) in [6.07, 6.45) is 11.3. The predicted molar refractivity (Wildman–Crippen MR) is 122 cm³/mol. The maximum absolute atomic E-state index is 12.8. The molecule has 1 saturated carbocycles. The second-order valence-corrected chi connectivity index (χ2v) is 9.24. The zero-order chi connectivity index (χ0) is 20.3. The summed E-state index contributed by atoms with van der Waals surface area (Å²) in [6.45, 7) is 3.48. The molecule has 1 aromatic heterocycles. The van der Waals surface area contributed by atoms with Crippen molar-refractivity contribution in [2.45, 2.75) is 57.4 Å². The Morgan fingerprint density at radius 1 is 1.00 bits per heavy atom. The number of nitrogens with zero attached hydrogens (tertiary/aromatic N) is 1. The highest BCUT2D eigenvalue weighted by molar-refractivity contribution is 6.08. The van der Waals surface area contributed by atoms with E-state index >= 15 is 0 Å². The highest BCUT2D eigenvalue weighted by Crippen LogP contribution is 2.30. The molecule has 0 atom stereocenters. The lowest BCUT2D eigenvalue weighted by Crippen LogP contribution is -2.46. The zero-order valence-corrected chi connectivity index (χ0v) is 17.7. The van der Waals surface area contributed by atoms with Gasteiger partial charge in [-0.05, 0) is 48.4 Å². The fraction of sp³-hybridized carbons (Fsp3) is 0.500. The van der Waals surface area contributed by atoms with Crippen LogP contribution >= 0.6 is 0 Å². The highest BCUT2D eigenvalue weighted by Gasteiger charge is 2.24. The number of carbonyl (C=O) groups is 1. The van der Waals surface area contributed by atoms with Crippen LogP contribution in [-0.4, -0.2) is 36.5 Å². The van der Waals surface area contributed by atoms with Gasteiger partial charge in [-0.1, -0.05) is 49.6 Å². The zero-order valence-electron chi connectivity index (χ0n) is 17.7.